The molecule has 2 saturated heterocycles. The largest absolute Gasteiger partial charge is 0.509 e. The molecule has 4 aromatic rings. The van der Waals surface area contributed by atoms with Crippen molar-refractivity contribution in [3.05, 3.63) is 68.6 Å². The van der Waals surface area contributed by atoms with Gasteiger partial charge in [0.05, 0.1) is 37.1 Å². The minimum atomic E-state index is -6.13. The van der Waals surface area contributed by atoms with Crippen molar-refractivity contribution in [2.24, 2.45) is 23.2 Å². The highest BCUT2D eigenvalue weighted by molar-refractivity contribution is 7.66. The van der Waals surface area contributed by atoms with E-state index in [1.807, 2.05) is 0 Å². The highest BCUT2D eigenvalue weighted by atomic mass is 31.3. The van der Waals surface area contributed by atoms with Crippen molar-refractivity contribution in [2.45, 2.75) is 82.2 Å². The van der Waals surface area contributed by atoms with Crippen molar-refractivity contribution in [1.82, 2.24) is 24.1 Å². The number of aliphatic hydroxyl groups is 3. The number of nitro benzene ring substituents is 1. The van der Waals surface area contributed by atoms with Gasteiger partial charge in [0.2, 0.25) is 24.1 Å². The molecule has 3 aliphatic rings. The fraction of sp³-hybridized carbons (Fsp3) is 0.529. The second kappa shape index (κ2) is 19.7. The quantitative estimate of drug-likeness (QED) is 0.0217. The number of carbonyl (C=O) groups excluding carboxylic acids is 1. The topological polar surface area (TPSA) is 465 Å². The standard InChI is InChI=1S/C34H46N11O22P3/c1-34(2,3)24(14-8-6-7-9-15(14)45(51)52)65-33(50)64-23-22(59-5)17(63-30(23)44-13-42(4)19-26(44)39-32(36)41-28(19)49)11-61-69(55,56)67-70(57,58)66-68(53,54)60-10-16-20(46)21(47)29(62-16)43-12-37-18-25(43)38-31(35)40-27(18)48/h6-9,12-13,16-17,20-24,28-30,46-47,49H,10-11H2,1-5H3,(H8-,35,36,38,39,40,41,48,53,54,55,56,57,58)/p+1/t16-,17-,20+,21?,22+,23?,24?,28?,29-,30-/m1/s1. The third-order valence-electron chi connectivity index (χ3n) is 10.7. The van der Waals surface area contributed by atoms with E-state index in [1.165, 1.54) is 46.8 Å². The number of para-hydroxylation sites is 1. The Balaban J connectivity index is 1.04. The number of aromatic nitrogens is 6. The minimum absolute atomic E-state index is 0.0263. The molecule has 2 fully saturated rings. The van der Waals surface area contributed by atoms with Gasteiger partial charge in [-0.2, -0.15) is 18.6 Å². The second-order valence-corrected chi connectivity index (χ2v) is 21.3. The molecule has 6 heterocycles. The maximum atomic E-state index is 13.8. The fourth-order valence-corrected chi connectivity index (χ4v) is 11.3. The van der Waals surface area contributed by atoms with Crippen LogP contribution in [0.4, 0.5) is 22.2 Å². The summed E-state index contributed by atoms with van der Waals surface area (Å²) in [5, 5.41) is 46.7. The van der Waals surface area contributed by atoms with E-state index in [4.69, 9.17) is 39.7 Å². The minimum Gasteiger partial charge on any atom is -0.425 e. The number of nitrogens with zero attached hydrogens (tertiary/aromatic N) is 7. The molecule has 0 radical (unpaired) electrons. The van der Waals surface area contributed by atoms with Gasteiger partial charge in [0.1, 0.15) is 36.6 Å². The lowest BCUT2D eigenvalue weighted by molar-refractivity contribution is -0.753. The summed E-state index contributed by atoms with van der Waals surface area (Å²) in [6, 6.07) is 5.54. The van der Waals surface area contributed by atoms with Gasteiger partial charge >= 0.3 is 29.6 Å². The van der Waals surface area contributed by atoms with Crippen molar-refractivity contribution < 1.29 is 99.3 Å². The summed E-state index contributed by atoms with van der Waals surface area (Å²) in [5.41, 5.74) is 9.18. The number of nitrogen functional groups attached to an aromatic ring is 1. The third-order valence-corrected chi connectivity index (χ3v) is 14.9. The maximum absolute atomic E-state index is 13.8. The molecule has 0 saturated carbocycles. The van der Waals surface area contributed by atoms with Gasteiger partial charge in [-0.15, -0.1) is 0 Å². The lowest BCUT2D eigenvalue weighted by atomic mass is 9.84. The van der Waals surface area contributed by atoms with Crippen molar-refractivity contribution in [3.63, 3.8) is 0 Å². The molecular formula is C34H47N11O22P3+. The number of aliphatic hydroxyl groups excluding tert-OH is 3. The molecule has 70 heavy (non-hydrogen) atoms. The summed E-state index contributed by atoms with van der Waals surface area (Å²) in [7, 11) is -15.1. The Kier molecular flexibility index (Phi) is 14.8. The van der Waals surface area contributed by atoms with Gasteiger partial charge in [-0.25, -0.2) is 33.4 Å². The molecule has 12 N–H and O–H groups in total. The molecule has 1 aromatic carbocycles. The van der Waals surface area contributed by atoms with Crippen molar-refractivity contribution >= 4 is 64.2 Å². The fourth-order valence-electron chi connectivity index (χ4n) is 7.76. The number of rotatable bonds is 17. The molecule has 33 nitrogen and oxygen atoms in total. The van der Waals surface area contributed by atoms with Crippen molar-refractivity contribution in [1.29, 1.82) is 0 Å². The molecule has 0 aliphatic carbocycles. The van der Waals surface area contributed by atoms with Crippen molar-refractivity contribution in [3.8, 4) is 0 Å². The SMILES string of the molecule is CO[C@@H]1C(OC(=O)OC(c2ccccc2[N+](=O)[O-])C(C)(C)C)[C@H]([n+]2cn(C)c3c2NC(N)=NC3O)O[C@@H]1COP(=O)(O)OP(=O)(O)OP(=O)(O)OC[C@H]1O[C@@H](n2cnc3c(=O)[nH]c(N)nc32)C(O)[C@H]1O. The molecule has 384 valence electrons. The van der Waals surface area contributed by atoms with Crippen LogP contribution in [-0.4, -0.2) is 128 Å². The van der Waals surface area contributed by atoms with Gasteiger partial charge in [-0.05, 0) is 6.07 Å². The molecule has 0 bridgehead atoms. The van der Waals surface area contributed by atoms with Crippen LogP contribution < -0.4 is 26.9 Å². The van der Waals surface area contributed by atoms with Crippen LogP contribution in [0.2, 0.25) is 0 Å². The molecule has 7 unspecified atom stereocenters. The number of anilines is 2. The normalized spacial score (nSPS) is 27.6. The van der Waals surface area contributed by atoms with Crippen LogP contribution >= 0.6 is 23.5 Å². The van der Waals surface area contributed by atoms with Gasteiger partial charge in [0, 0.05) is 18.6 Å². The monoisotopic (exact) mass is 1050 g/mol. The number of phosphoric acid groups is 3. The average molecular weight is 1050 g/mol. The number of guanidine groups is 1. The van der Waals surface area contributed by atoms with E-state index in [2.05, 4.69) is 38.4 Å². The predicted molar refractivity (Wildman–Crippen MR) is 229 cm³/mol. The Morgan fingerprint density at radius 3 is 2.27 bits per heavy atom. The number of phosphoric ester groups is 2. The van der Waals surface area contributed by atoms with Crippen LogP contribution in [0.15, 0.2) is 46.7 Å². The van der Waals surface area contributed by atoms with E-state index in [9.17, 15) is 63.4 Å². The number of ether oxygens (including phenoxy) is 5. The van der Waals surface area contributed by atoms with Gasteiger partial charge in [0.15, 0.2) is 29.8 Å². The van der Waals surface area contributed by atoms with E-state index < -0.39 is 120 Å². The second-order valence-electron chi connectivity index (χ2n) is 16.6. The number of benzene rings is 1. The number of aliphatic imine (C=N–C) groups is 1. The molecular weight excluding hydrogens is 1010 g/mol. The summed E-state index contributed by atoms with van der Waals surface area (Å²) < 4.78 is 89.3. The van der Waals surface area contributed by atoms with Gasteiger partial charge in [-0.1, -0.05) is 32.9 Å². The van der Waals surface area contributed by atoms with Gasteiger partial charge in [-0.3, -0.25) is 38.1 Å². The maximum Gasteiger partial charge on any atom is 0.509 e. The number of fused-ring (bicyclic) bond motifs is 2. The highest BCUT2D eigenvalue weighted by Crippen LogP contribution is 2.68. The van der Waals surface area contributed by atoms with Gasteiger partial charge < -0.3 is 65.2 Å². The first kappa shape index (κ1) is 52.5. The first-order valence-corrected chi connectivity index (χ1v) is 24.7. The molecule has 3 aliphatic heterocycles. The summed E-state index contributed by atoms with van der Waals surface area (Å²) in [4.78, 5) is 82.3. The van der Waals surface area contributed by atoms with E-state index >= 15 is 0 Å². The third kappa shape index (κ3) is 11.1. The summed E-state index contributed by atoms with van der Waals surface area (Å²) in [5.74, 6) is -0.518. The number of nitrogens with two attached hydrogens (primary N) is 2. The number of nitro groups is 1. The number of imidazole rings is 2. The Hall–Kier alpha value is -5.31. The zero-order chi connectivity index (χ0) is 51.4. The molecule has 7 rings (SSSR count). The summed E-state index contributed by atoms with van der Waals surface area (Å²) in [6.45, 7) is 2.71. The first-order valence-electron chi connectivity index (χ1n) is 20.2. The number of H-pyrrole nitrogens is 1. The van der Waals surface area contributed by atoms with E-state index in [0.29, 0.717) is 0 Å². The lowest BCUT2D eigenvalue weighted by Crippen LogP contribution is -2.50. The lowest BCUT2D eigenvalue weighted by Gasteiger charge is -2.31. The first-order chi connectivity index (χ1) is 32.6. The molecule has 3 aromatic heterocycles. The zero-order valence-corrected chi connectivity index (χ0v) is 39.7. The Bertz CT molecular complexity index is 2890. The average Bonchev–Trinajstić information content (AvgIpc) is 3.98. The van der Waals surface area contributed by atoms with Gasteiger partial charge in [0.25, 0.3) is 23.0 Å². The number of hydrogen-bond acceptors (Lipinski definition) is 25. The molecule has 0 spiro atoms. The van der Waals surface area contributed by atoms with Crippen LogP contribution in [0.5, 0.6) is 0 Å². The summed E-state index contributed by atoms with van der Waals surface area (Å²) in [6.07, 6.45) is -14.9. The molecule has 36 heteroatoms. The Morgan fingerprint density at radius 1 is 1.00 bits per heavy atom. The van der Waals surface area contributed by atoms with Crippen LogP contribution in [0.25, 0.3) is 11.2 Å². The number of nitrogens with one attached hydrogen (secondary N) is 2. The van der Waals surface area contributed by atoms with E-state index in [1.54, 1.807) is 20.8 Å². The number of aryl methyl sites for hydroxylation is 1. The summed E-state index contributed by atoms with van der Waals surface area (Å²) >= 11 is 0. The number of aromatic amines is 1. The predicted octanol–water partition coefficient (Wildman–Crippen LogP) is -0.124. The van der Waals surface area contributed by atoms with Crippen LogP contribution in [0.1, 0.15) is 56.8 Å². The zero-order valence-electron chi connectivity index (χ0n) is 37.0. The molecule has 0 amide bonds. The van der Waals surface area contributed by atoms with Crippen molar-refractivity contribution in [2.75, 3.05) is 31.4 Å². The Morgan fingerprint density at radius 2 is 1.64 bits per heavy atom. The number of hydrogen-bond donors (Lipinski definition) is 10. The van der Waals surface area contributed by atoms with E-state index in [0.717, 1.165) is 18.0 Å². The smallest absolute Gasteiger partial charge is 0.425 e. The highest BCUT2D eigenvalue weighted by Gasteiger charge is 2.54. The van der Waals surface area contributed by atoms with Crippen LogP contribution in [0, 0.1) is 15.5 Å². The Labute approximate surface area is 392 Å². The van der Waals surface area contributed by atoms with Crippen LogP contribution in [-0.2, 0) is 62.1 Å². The number of methoxy groups -OCH3 is 1. The number of carbonyl (C=O) groups is 1. The van der Waals surface area contributed by atoms with E-state index in [-0.39, 0.29) is 45.8 Å². The molecule has 13 atom stereocenters. The van der Waals surface area contributed by atoms with Crippen LogP contribution in [0.3, 0.4) is 0 Å².